The second kappa shape index (κ2) is 14.3. The van der Waals surface area contributed by atoms with Gasteiger partial charge in [-0.15, -0.1) is 0 Å². The number of carbonyl (C=O) groups excluding carboxylic acids is 2. The molecule has 0 unspecified atom stereocenters. The van der Waals surface area contributed by atoms with Crippen LogP contribution in [-0.2, 0) is 25.5 Å². The number of unbranched alkanes of at least 4 members (excludes halogenated alkanes) is 2. The molecule has 2 N–H and O–H groups in total. The van der Waals surface area contributed by atoms with Crippen LogP contribution in [0.25, 0.3) is 11.1 Å². The average Bonchev–Trinajstić information content (AvgIpc) is 2.89. The van der Waals surface area contributed by atoms with Crippen LogP contribution in [-0.4, -0.2) is 48.6 Å². The number of benzene rings is 2. The van der Waals surface area contributed by atoms with E-state index < -0.39 is 55.9 Å². The van der Waals surface area contributed by atoms with E-state index in [-0.39, 0.29) is 22.3 Å². The summed E-state index contributed by atoms with van der Waals surface area (Å²) in [7, 11) is 0. The second-order valence-corrected chi connectivity index (χ2v) is 8.40. The van der Waals surface area contributed by atoms with E-state index in [9.17, 15) is 9.59 Å². The lowest BCUT2D eigenvalue weighted by molar-refractivity contribution is -0.143. The van der Waals surface area contributed by atoms with E-state index in [4.69, 9.17) is 19.7 Å². The third-order valence-corrected chi connectivity index (χ3v) is 5.68. The molecule has 0 bridgehead atoms. The van der Waals surface area contributed by atoms with Crippen LogP contribution in [0.5, 0.6) is 0 Å². The van der Waals surface area contributed by atoms with Crippen LogP contribution in [0.4, 0.5) is 8.78 Å². The number of aryl methyl sites for hydroxylation is 1. The van der Waals surface area contributed by atoms with Crippen LogP contribution in [0.3, 0.4) is 0 Å². The summed E-state index contributed by atoms with van der Waals surface area (Å²) < 4.78 is 40.4. The minimum atomic E-state index is -1.17. The fourth-order valence-electron chi connectivity index (χ4n) is 3.45. The predicted molar refractivity (Wildman–Crippen MR) is 132 cm³/mol. The van der Waals surface area contributed by atoms with Crippen molar-refractivity contribution in [1.82, 2.24) is 0 Å². The van der Waals surface area contributed by atoms with Crippen LogP contribution in [0.1, 0.15) is 43.2 Å². The Morgan fingerprint density at radius 1 is 0.861 bits per heavy atom. The highest BCUT2D eigenvalue weighted by Crippen LogP contribution is 2.31. The number of hydrogen-bond acceptors (Lipinski definition) is 6. The van der Waals surface area contributed by atoms with Gasteiger partial charge in [-0.25, -0.2) is 18.4 Å². The summed E-state index contributed by atoms with van der Waals surface area (Å²) >= 11 is 0. The fraction of sp³-hybridized carbons (Fsp3) is 0.357. The quantitative estimate of drug-likeness (QED) is 0.222. The minimum absolute atomic E-state index is 0.0615. The van der Waals surface area contributed by atoms with E-state index in [1.165, 1.54) is 12.1 Å². The highest BCUT2D eigenvalue weighted by atomic mass is 19.2. The summed E-state index contributed by atoms with van der Waals surface area (Å²) in [6.07, 6.45) is 4.20. The molecule has 2 rings (SSSR count). The number of esters is 2. The summed E-state index contributed by atoms with van der Waals surface area (Å²) in [5.74, 6) is -5.18. The average molecular weight is 503 g/mol. The number of rotatable bonds is 14. The van der Waals surface area contributed by atoms with Crippen LogP contribution < -0.4 is 0 Å². The van der Waals surface area contributed by atoms with Crippen LogP contribution in [0, 0.1) is 11.6 Å². The molecule has 194 valence electrons. The highest BCUT2D eigenvalue weighted by molar-refractivity contribution is 5.88. The van der Waals surface area contributed by atoms with E-state index in [0.29, 0.717) is 5.56 Å². The summed E-state index contributed by atoms with van der Waals surface area (Å²) in [5, 5.41) is 18.1. The Morgan fingerprint density at radius 3 is 1.92 bits per heavy atom. The molecule has 0 amide bonds. The maximum Gasteiger partial charge on any atom is 0.335 e. The van der Waals surface area contributed by atoms with E-state index in [2.05, 4.69) is 20.1 Å². The molecule has 0 aliphatic rings. The lowest BCUT2D eigenvalue weighted by Gasteiger charge is -2.20. The molecule has 0 spiro atoms. The molecular formula is C28H32F2O6. The fourth-order valence-corrected chi connectivity index (χ4v) is 3.45. The van der Waals surface area contributed by atoms with Gasteiger partial charge in [0.25, 0.3) is 0 Å². The third-order valence-electron chi connectivity index (χ3n) is 5.68. The third kappa shape index (κ3) is 7.83. The molecule has 0 saturated heterocycles. The van der Waals surface area contributed by atoms with Crippen molar-refractivity contribution in [2.24, 2.45) is 0 Å². The molecule has 0 heterocycles. The van der Waals surface area contributed by atoms with E-state index >= 15 is 8.78 Å². The SMILES string of the molecule is C=C(CO)C(=O)OCC(COC(=O)C(=C)CO)c1ccc(-c2ccc(CCCCC)cc2)c(F)c1F. The lowest BCUT2D eigenvalue weighted by Crippen LogP contribution is -2.22. The highest BCUT2D eigenvalue weighted by Gasteiger charge is 2.25. The van der Waals surface area contributed by atoms with Crippen molar-refractivity contribution in [3.63, 3.8) is 0 Å². The van der Waals surface area contributed by atoms with Crippen LogP contribution >= 0.6 is 0 Å². The Labute approximate surface area is 209 Å². The summed E-state index contributed by atoms with van der Waals surface area (Å²) in [6.45, 7) is 6.61. The van der Waals surface area contributed by atoms with Gasteiger partial charge in [-0.05, 0) is 24.0 Å². The standard InChI is InChI=1S/C28H32F2O6/c1-4-5-6-7-20-8-10-21(11-9-20)23-12-13-24(26(30)25(23)29)22(16-35-27(33)18(2)14-31)17-36-28(34)19(3)15-32/h8-13,22,31-32H,2-7,14-17H2,1H3. The first-order valence-corrected chi connectivity index (χ1v) is 11.7. The van der Waals surface area contributed by atoms with E-state index in [1.807, 2.05) is 12.1 Å². The number of hydrogen-bond donors (Lipinski definition) is 2. The van der Waals surface area contributed by atoms with Crippen molar-refractivity contribution < 1.29 is 38.1 Å². The Kier molecular flexibility index (Phi) is 11.4. The van der Waals surface area contributed by atoms with Crippen LogP contribution in [0.15, 0.2) is 60.7 Å². The van der Waals surface area contributed by atoms with Gasteiger partial charge >= 0.3 is 11.9 Å². The van der Waals surface area contributed by atoms with E-state index in [1.54, 1.807) is 12.1 Å². The molecule has 0 fully saturated rings. The van der Waals surface area contributed by atoms with Crippen LogP contribution in [0.2, 0.25) is 0 Å². The number of aliphatic hydroxyl groups excluding tert-OH is 2. The van der Waals surface area contributed by atoms with Gasteiger partial charge in [-0.3, -0.25) is 0 Å². The van der Waals surface area contributed by atoms with Crippen molar-refractivity contribution in [2.75, 3.05) is 26.4 Å². The molecular weight excluding hydrogens is 470 g/mol. The zero-order valence-electron chi connectivity index (χ0n) is 20.4. The van der Waals surface area contributed by atoms with Gasteiger partial charge in [0.15, 0.2) is 11.6 Å². The molecule has 2 aromatic carbocycles. The number of carbonyl (C=O) groups is 2. The smallest absolute Gasteiger partial charge is 0.335 e. The molecule has 0 aliphatic carbocycles. The molecule has 2 aromatic rings. The number of aliphatic hydroxyl groups is 2. The Morgan fingerprint density at radius 2 is 1.42 bits per heavy atom. The monoisotopic (exact) mass is 502 g/mol. The largest absolute Gasteiger partial charge is 0.461 e. The number of ether oxygens (including phenoxy) is 2. The number of halogens is 2. The molecule has 8 heteroatoms. The van der Waals surface area contributed by atoms with E-state index in [0.717, 1.165) is 31.2 Å². The topological polar surface area (TPSA) is 93.1 Å². The zero-order valence-corrected chi connectivity index (χ0v) is 20.4. The second-order valence-electron chi connectivity index (χ2n) is 8.40. The molecule has 0 aromatic heterocycles. The molecule has 0 aliphatic heterocycles. The first kappa shape index (κ1) is 28.9. The van der Waals surface area contributed by atoms with Crippen molar-refractivity contribution >= 4 is 11.9 Å². The Balaban J connectivity index is 2.28. The first-order valence-electron chi connectivity index (χ1n) is 11.7. The summed E-state index contributed by atoms with van der Waals surface area (Å²) in [5.41, 5.74) is 1.06. The van der Waals surface area contributed by atoms with Gasteiger partial charge in [-0.2, -0.15) is 0 Å². The van der Waals surface area contributed by atoms with Gasteiger partial charge in [-0.1, -0.05) is 69.3 Å². The van der Waals surface area contributed by atoms with Crippen molar-refractivity contribution in [2.45, 2.75) is 38.5 Å². The Bertz CT molecular complexity index is 1050. The lowest BCUT2D eigenvalue weighted by atomic mass is 9.95. The first-order chi connectivity index (χ1) is 17.2. The minimum Gasteiger partial charge on any atom is -0.461 e. The molecule has 36 heavy (non-hydrogen) atoms. The Hall–Kier alpha value is -3.36. The summed E-state index contributed by atoms with van der Waals surface area (Å²) in [6, 6.07) is 10.0. The summed E-state index contributed by atoms with van der Waals surface area (Å²) in [4.78, 5) is 23.8. The molecule has 6 nitrogen and oxygen atoms in total. The zero-order chi connectivity index (χ0) is 26.7. The maximum absolute atomic E-state index is 15.2. The van der Waals surface area contributed by atoms with Gasteiger partial charge < -0.3 is 19.7 Å². The molecule has 0 atom stereocenters. The molecule has 0 saturated carbocycles. The van der Waals surface area contributed by atoms with Gasteiger partial charge in [0.2, 0.25) is 0 Å². The van der Waals surface area contributed by atoms with Gasteiger partial charge in [0.1, 0.15) is 13.2 Å². The molecule has 0 radical (unpaired) electrons. The normalized spacial score (nSPS) is 10.8. The van der Waals surface area contributed by atoms with Gasteiger partial charge in [0, 0.05) is 11.1 Å². The predicted octanol–water partition coefficient (Wildman–Crippen LogP) is 4.63. The van der Waals surface area contributed by atoms with Crippen molar-refractivity contribution in [3.8, 4) is 11.1 Å². The van der Waals surface area contributed by atoms with Gasteiger partial charge in [0.05, 0.1) is 30.3 Å². The maximum atomic E-state index is 15.2. The van der Waals surface area contributed by atoms with Crippen molar-refractivity contribution in [3.05, 3.63) is 83.5 Å². The van der Waals surface area contributed by atoms with Crippen molar-refractivity contribution in [1.29, 1.82) is 0 Å².